The van der Waals surface area contributed by atoms with E-state index in [9.17, 15) is 4.79 Å². The zero-order valence-corrected chi connectivity index (χ0v) is 16.8. The van der Waals surface area contributed by atoms with E-state index in [4.69, 9.17) is 10.2 Å². The number of esters is 1. The topological polar surface area (TPSA) is 61.5 Å². The molecule has 0 aliphatic carbocycles. The third-order valence-electron chi connectivity index (χ3n) is 4.83. The summed E-state index contributed by atoms with van der Waals surface area (Å²) in [7, 11) is -0.407. The minimum atomic E-state index is -1.79. The lowest BCUT2D eigenvalue weighted by Gasteiger charge is -2.42. The quantitative estimate of drug-likeness (QED) is 0.484. The van der Waals surface area contributed by atoms with Gasteiger partial charge in [0, 0.05) is 6.61 Å². The summed E-state index contributed by atoms with van der Waals surface area (Å²) < 4.78 is 11.2. The zero-order valence-electron chi connectivity index (χ0n) is 15.8. The molecule has 0 spiro atoms. The molecule has 22 heavy (non-hydrogen) atoms. The van der Waals surface area contributed by atoms with Crippen LogP contribution in [0, 0.1) is 5.92 Å². The Hall–Kier alpha value is -0.393. The van der Waals surface area contributed by atoms with E-state index in [-0.39, 0.29) is 5.97 Å². The van der Waals surface area contributed by atoms with Crippen LogP contribution in [0.3, 0.4) is 0 Å². The van der Waals surface area contributed by atoms with E-state index in [2.05, 4.69) is 53.2 Å². The van der Waals surface area contributed by atoms with E-state index in [1.807, 2.05) is 0 Å². The van der Waals surface area contributed by atoms with Crippen molar-refractivity contribution in [2.24, 2.45) is 11.7 Å². The monoisotopic (exact) mass is 331 g/mol. The first-order valence-electron chi connectivity index (χ1n) is 8.56. The Morgan fingerprint density at radius 3 is 1.82 bits per heavy atom. The number of rotatable bonds is 10. The summed E-state index contributed by atoms with van der Waals surface area (Å²) in [6.07, 6.45) is 1.58. The molecule has 0 amide bonds. The molecule has 0 aromatic rings. The van der Waals surface area contributed by atoms with E-state index in [0.717, 1.165) is 13.0 Å². The molecule has 0 saturated carbocycles. The fourth-order valence-electron chi connectivity index (χ4n) is 3.74. The van der Waals surface area contributed by atoms with Gasteiger partial charge in [0.2, 0.25) is 0 Å². The smallest absolute Gasteiger partial charge is 0.322 e. The van der Waals surface area contributed by atoms with E-state index < -0.39 is 14.4 Å². The highest BCUT2D eigenvalue weighted by Crippen LogP contribution is 2.42. The van der Waals surface area contributed by atoms with Crippen molar-refractivity contribution in [2.45, 2.75) is 84.0 Å². The Morgan fingerprint density at radius 2 is 1.45 bits per heavy atom. The van der Waals surface area contributed by atoms with Crippen LogP contribution in [-0.4, -0.2) is 34.0 Å². The van der Waals surface area contributed by atoms with Gasteiger partial charge in [0.1, 0.15) is 6.04 Å². The molecule has 0 aromatic carbocycles. The summed E-state index contributed by atoms with van der Waals surface area (Å²) in [5.74, 6) is 0.0234. The molecule has 2 atom stereocenters. The fraction of sp³-hybridized carbons (Fsp3) is 0.941. The Bertz CT molecular complexity index is 310. The van der Waals surface area contributed by atoms with Crippen molar-refractivity contribution in [1.82, 2.24) is 0 Å². The largest absolute Gasteiger partial charge is 0.468 e. The highest BCUT2D eigenvalue weighted by Gasteiger charge is 2.44. The molecule has 5 heteroatoms. The van der Waals surface area contributed by atoms with E-state index in [0.29, 0.717) is 29.0 Å². The van der Waals surface area contributed by atoms with Gasteiger partial charge in [-0.15, -0.1) is 0 Å². The van der Waals surface area contributed by atoms with Crippen molar-refractivity contribution in [2.75, 3.05) is 13.7 Å². The zero-order chi connectivity index (χ0) is 17.5. The lowest BCUT2D eigenvalue weighted by molar-refractivity contribution is -0.142. The third kappa shape index (κ3) is 5.67. The van der Waals surface area contributed by atoms with Gasteiger partial charge in [0.15, 0.2) is 8.32 Å². The first-order chi connectivity index (χ1) is 10.1. The number of ether oxygens (including phenoxy) is 1. The highest BCUT2D eigenvalue weighted by atomic mass is 28.4. The van der Waals surface area contributed by atoms with Crippen LogP contribution >= 0.6 is 0 Å². The second-order valence-corrected chi connectivity index (χ2v) is 12.9. The predicted molar refractivity (Wildman–Crippen MR) is 95.4 cm³/mol. The van der Waals surface area contributed by atoms with Crippen molar-refractivity contribution >= 4 is 14.3 Å². The molecule has 2 N–H and O–H groups in total. The average Bonchev–Trinajstić information content (AvgIpc) is 2.41. The average molecular weight is 332 g/mol. The Balaban J connectivity index is 4.54. The van der Waals surface area contributed by atoms with Crippen LogP contribution in [0.15, 0.2) is 0 Å². The van der Waals surface area contributed by atoms with Crippen molar-refractivity contribution in [3.63, 3.8) is 0 Å². The van der Waals surface area contributed by atoms with Crippen molar-refractivity contribution in [1.29, 1.82) is 0 Å². The molecule has 0 saturated heterocycles. The highest BCUT2D eigenvalue weighted by molar-refractivity contribution is 6.77. The Labute approximate surface area is 138 Å². The standard InChI is InChI=1S/C17H37NO3Si/c1-12(2)22(13(3)4,14(5)6)21-10-9-15(7)11-16(18)17(19)20-8/h12-16H,9-11,18H2,1-8H3/t15-,16+/m1/s1. The minimum absolute atomic E-state index is 0.331. The van der Waals surface area contributed by atoms with Gasteiger partial charge in [0.25, 0.3) is 0 Å². The summed E-state index contributed by atoms with van der Waals surface area (Å²) >= 11 is 0. The van der Waals surface area contributed by atoms with E-state index >= 15 is 0 Å². The summed E-state index contributed by atoms with van der Waals surface area (Å²) in [6.45, 7) is 16.6. The van der Waals surface area contributed by atoms with Crippen LogP contribution in [0.1, 0.15) is 61.3 Å². The molecule has 0 radical (unpaired) electrons. The van der Waals surface area contributed by atoms with Crippen LogP contribution in [0.5, 0.6) is 0 Å². The second kappa shape index (κ2) is 9.68. The molecular weight excluding hydrogens is 294 g/mol. The molecular formula is C17H37NO3Si. The van der Waals surface area contributed by atoms with Gasteiger partial charge in [-0.05, 0) is 35.4 Å². The summed E-state index contributed by atoms with van der Waals surface area (Å²) in [5, 5.41) is 0. The number of nitrogens with two attached hydrogens (primary N) is 1. The molecule has 0 rings (SSSR count). The SMILES string of the molecule is COC(=O)[C@@H](N)C[C@H](C)CCO[Si](C(C)C)(C(C)C)C(C)C. The first-order valence-corrected chi connectivity index (χ1v) is 10.7. The van der Waals surface area contributed by atoms with Crippen molar-refractivity contribution in [3.8, 4) is 0 Å². The van der Waals surface area contributed by atoms with Gasteiger partial charge < -0.3 is 14.9 Å². The number of hydrogen-bond acceptors (Lipinski definition) is 4. The molecule has 0 heterocycles. The maximum absolute atomic E-state index is 11.4. The summed E-state index contributed by atoms with van der Waals surface area (Å²) in [4.78, 5) is 11.4. The Morgan fingerprint density at radius 1 is 1.00 bits per heavy atom. The number of carbonyl (C=O) groups is 1. The predicted octanol–water partition coefficient (Wildman–Crippen LogP) is 4.10. The molecule has 0 unspecified atom stereocenters. The van der Waals surface area contributed by atoms with Crippen molar-refractivity contribution in [3.05, 3.63) is 0 Å². The van der Waals surface area contributed by atoms with E-state index in [1.54, 1.807) is 0 Å². The van der Waals surface area contributed by atoms with Crippen LogP contribution in [0.4, 0.5) is 0 Å². The Kier molecular flexibility index (Phi) is 9.51. The number of methoxy groups -OCH3 is 1. The fourth-order valence-corrected chi connectivity index (χ4v) is 9.21. The molecule has 0 fully saturated rings. The number of hydrogen-bond donors (Lipinski definition) is 1. The normalized spacial score (nSPS) is 15.5. The van der Waals surface area contributed by atoms with Crippen LogP contribution in [-0.2, 0) is 14.0 Å². The van der Waals surface area contributed by atoms with Crippen LogP contribution < -0.4 is 5.73 Å². The maximum Gasteiger partial charge on any atom is 0.322 e. The second-order valence-electron chi connectivity index (χ2n) is 7.43. The lowest BCUT2D eigenvalue weighted by atomic mass is 9.99. The van der Waals surface area contributed by atoms with E-state index in [1.165, 1.54) is 7.11 Å². The molecule has 0 aliphatic heterocycles. The first kappa shape index (κ1) is 21.6. The van der Waals surface area contributed by atoms with Gasteiger partial charge in [-0.25, -0.2) is 0 Å². The van der Waals surface area contributed by atoms with Gasteiger partial charge >= 0.3 is 5.97 Å². The molecule has 0 aromatic heterocycles. The molecule has 132 valence electrons. The summed E-state index contributed by atoms with van der Waals surface area (Å²) in [5.41, 5.74) is 7.62. The molecule has 4 nitrogen and oxygen atoms in total. The minimum Gasteiger partial charge on any atom is -0.468 e. The summed E-state index contributed by atoms with van der Waals surface area (Å²) in [6, 6.07) is -0.526. The van der Waals surface area contributed by atoms with Crippen molar-refractivity contribution < 1.29 is 14.0 Å². The van der Waals surface area contributed by atoms with Gasteiger partial charge in [-0.2, -0.15) is 0 Å². The van der Waals surface area contributed by atoms with Gasteiger partial charge in [0.05, 0.1) is 7.11 Å². The van der Waals surface area contributed by atoms with Crippen LogP contribution in [0.25, 0.3) is 0 Å². The lowest BCUT2D eigenvalue weighted by Crippen LogP contribution is -2.48. The number of carbonyl (C=O) groups excluding carboxylic acids is 1. The molecule has 0 bridgehead atoms. The molecule has 0 aliphatic rings. The third-order valence-corrected chi connectivity index (χ3v) is 10.9. The van der Waals surface area contributed by atoms with Gasteiger partial charge in [-0.3, -0.25) is 4.79 Å². The van der Waals surface area contributed by atoms with Crippen LogP contribution in [0.2, 0.25) is 16.6 Å². The maximum atomic E-state index is 11.4. The van der Waals surface area contributed by atoms with Gasteiger partial charge in [-0.1, -0.05) is 48.5 Å².